The van der Waals surface area contributed by atoms with Crippen LogP contribution in [0.25, 0.3) is 10.9 Å². The van der Waals surface area contributed by atoms with E-state index in [1.54, 1.807) is 6.07 Å². The maximum absolute atomic E-state index is 13.3. The third-order valence-electron chi connectivity index (χ3n) is 3.89. The predicted octanol–water partition coefficient (Wildman–Crippen LogP) is 3.46. The number of hydrogen-bond donors (Lipinski definition) is 1. The van der Waals surface area contributed by atoms with Gasteiger partial charge in [-0.3, -0.25) is 4.90 Å². The minimum Gasteiger partial charge on any atom is -0.357 e. The van der Waals surface area contributed by atoms with E-state index < -0.39 is 0 Å². The van der Waals surface area contributed by atoms with Crippen molar-refractivity contribution in [2.45, 2.75) is 39.3 Å². The first-order chi connectivity index (χ1) is 8.45. The highest BCUT2D eigenvalue weighted by atomic mass is 19.1. The standard InChI is InChI=1S/C15H19FN2/c1-15(2,3)18-7-6-11-12-8-10(16)4-5-13(12)17-14(11)9-18/h4-5,8,17H,6-7,9H2,1-3H3. The fraction of sp³-hybridized carbons (Fsp3) is 0.467. The number of nitrogens with one attached hydrogen (secondary N) is 1. The van der Waals surface area contributed by atoms with Gasteiger partial charge in [0.1, 0.15) is 5.82 Å². The van der Waals surface area contributed by atoms with Gasteiger partial charge in [0.25, 0.3) is 0 Å². The van der Waals surface area contributed by atoms with Crippen molar-refractivity contribution in [3.8, 4) is 0 Å². The second-order valence-corrected chi connectivity index (χ2v) is 6.11. The molecule has 2 heterocycles. The Morgan fingerprint density at radius 3 is 2.78 bits per heavy atom. The molecule has 0 aliphatic carbocycles. The van der Waals surface area contributed by atoms with Crippen LogP contribution in [0.4, 0.5) is 4.39 Å². The van der Waals surface area contributed by atoms with Crippen molar-refractivity contribution >= 4 is 10.9 Å². The molecule has 0 bridgehead atoms. The molecule has 1 N–H and O–H groups in total. The lowest BCUT2D eigenvalue weighted by Gasteiger charge is -2.38. The summed E-state index contributed by atoms with van der Waals surface area (Å²) < 4.78 is 13.3. The Labute approximate surface area is 107 Å². The van der Waals surface area contributed by atoms with Gasteiger partial charge in [-0.2, -0.15) is 0 Å². The molecule has 0 fully saturated rings. The highest BCUT2D eigenvalue weighted by molar-refractivity contribution is 5.85. The van der Waals surface area contributed by atoms with Gasteiger partial charge in [-0.15, -0.1) is 0 Å². The first-order valence-electron chi connectivity index (χ1n) is 6.49. The lowest BCUT2D eigenvalue weighted by atomic mass is 9.98. The zero-order chi connectivity index (χ0) is 12.9. The molecule has 0 unspecified atom stereocenters. The van der Waals surface area contributed by atoms with E-state index in [1.165, 1.54) is 17.3 Å². The molecule has 0 saturated heterocycles. The van der Waals surface area contributed by atoms with E-state index in [-0.39, 0.29) is 11.4 Å². The molecule has 1 aliphatic heterocycles. The number of nitrogens with zero attached hydrogens (tertiary/aromatic N) is 1. The highest BCUT2D eigenvalue weighted by Gasteiger charge is 2.27. The third kappa shape index (κ3) is 1.83. The fourth-order valence-corrected chi connectivity index (χ4v) is 2.79. The SMILES string of the molecule is CC(C)(C)N1CCc2c([nH]c3ccc(F)cc23)C1. The van der Waals surface area contributed by atoms with Crippen LogP contribution in [0.3, 0.4) is 0 Å². The molecular formula is C15H19FN2. The zero-order valence-corrected chi connectivity index (χ0v) is 11.2. The number of H-pyrrole nitrogens is 1. The van der Waals surface area contributed by atoms with E-state index in [0.29, 0.717) is 0 Å². The second-order valence-electron chi connectivity index (χ2n) is 6.11. The molecule has 1 aromatic carbocycles. The van der Waals surface area contributed by atoms with Crippen LogP contribution >= 0.6 is 0 Å². The van der Waals surface area contributed by atoms with Gasteiger partial charge in [-0.05, 0) is 51.0 Å². The van der Waals surface area contributed by atoms with E-state index in [9.17, 15) is 4.39 Å². The van der Waals surface area contributed by atoms with Crippen LogP contribution in [0.1, 0.15) is 32.0 Å². The Balaban J connectivity index is 2.05. The van der Waals surface area contributed by atoms with Crippen LogP contribution in [0.15, 0.2) is 18.2 Å². The molecule has 3 rings (SSSR count). The van der Waals surface area contributed by atoms with E-state index in [1.807, 2.05) is 6.07 Å². The number of aromatic nitrogens is 1. The summed E-state index contributed by atoms with van der Waals surface area (Å²) in [5.41, 5.74) is 3.78. The molecule has 18 heavy (non-hydrogen) atoms. The third-order valence-corrected chi connectivity index (χ3v) is 3.89. The summed E-state index contributed by atoms with van der Waals surface area (Å²) in [5.74, 6) is -0.150. The van der Waals surface area contributed by atoms with Crippen molar-refractivity contribution in [2.24, 2.45) is 0 Å². The number of halogens is 1. The van der Waals surface area contributed by atoms with Crippen molar-refractivity contribution in [1.82, 2.24) is 9.88 Å². The summed E-state index contributed by atoms with van der Waals surface area (Å²) >= 11 is 0. The number of benzene rings is 1. The van der Waals surface area contributed by atoms with Gasteiger partial charge in [0, 0.05) is 35.2 Å². The van der Waals surface area contributed by atoms with Gasteiger partial charge in [0.15, 0.2) is 0 Å². The molecule has 2 aromatic rings. The lowest BCUT2D eigenvalue weighted by molar-refractivity contribution is 0.119. The smallest absolute Gasteiger partial charge is 0.123 e. The molecule has 0 atom stereocenters. The van der Waals surface area contributed by atoms with Crippen LogP contribution in [0.2, 0.25) is 0 Å². The van der Waals surface area contributed by atoms with Gasteiger partial charge in [0.05, 0.1) is 0 Å². The van der Waals surface area contributed by atoms with Crippen LogP contribution in [0.5, 0.6) is 0 Å². The predicted molar refractivity (Wildman–Crippen MR) is 72.1 cm³/mol. The Morgan fingerprint density at radius 1 is 1.28 bits per heavy atom. The van der Waals surface area contributed by atoms with Gasteiger partial charge in [-0.1, -0.05) is 0 Å². The van der Waals surface area contributed by atoms with Gasteiger partial charge in [0.2, 0.25) is 0 Å². The molecule has 96 valence electrons. The summed E-state index contributed by atoms with van der Waals surface area (Å²) in [5, 5.41) is 1.05. The van der Waals surface area contributed by atoms with E-state index in [4.69, 9.17) is 0 Å². The van der Waals surface area contributed by atoms with E-state index >= 15 is 0 Å². The van der Waals surface area contributed by atoms with Gasteiger partial charge >= 0.3 is 0 Å². The number of fused-ring (bicyclic) bond motifs is 3. The maximum Gasteiger partial charge on any atom is 0.123 e. The molecule has 1 aromatic heterocycles. The summed E-state index contributed by atoms with van der Waals surface area (Å²) in [6, 6.07) is 5.01. The lowest BCUT2D eigenvalue weighted by Crippen LogP contribution is -2.44. The molecule has 2 nitrogen and oxygen atoms in total. The van der Waals surface area contributed by atoms with Crippen LogP contribution < -0.4 is 0 Å². The molecular weight excluding hydrogens is 227 g/mol. The minimum absolute atomic E-state index is 0.150. The normalized spacial score (nSPS) is 17.1. The van der Waals surface area contributed by atoms with Gasteiger partial charge in [-0.25, -0.2) is 4.39 Å². The van der Waals surface area contributed by atoms with Crippen molar-refractivity contribution in [2.75, 3.05) is 6.54 Å². The molecule has 0 spiro atoms. The van der Waals surface area contributed by atoms with Crippen LogP contribution in [0, 0.1) is 5.82 Å². The molecule has 0 saturated carbocycles. The molecule has 3 heteroatoms. The van der Waals surface area contributed by atoms with Crippen molar-refractivity contribution in [3.05, 3.63) is 35.3 Å². The minimum atomic E-state index is -0.150. The van der Waals surface area contributed by atoms with Crippen molar-refractivity contribution in [3.63, 3.8) is 0 Å². The van der Waals surface area contributed by atoms with Crippen molar-refractivity contribution < 1.29 is 4.39 Å². The largest absolute Gasteiger partial charge is 0.357 e. The first kappa shape index (κ1) is 11.7. The van der Waals surface area contributed by atoms with E-state index in [0.717, 1.165) is 30.4 Å². The first-order valence-corrected chi connectivity index (χ1v) is 6.49. The maximum atomic E-state index is 13.3. The summed E-state index contributed by atoms with van der Waals surface area (Å²) in [6.45, 7) is 8.68. The number of rotatable bonds is 0. The highest BCUT2D eigenvalue weighted by Crippen LogP contribution is 2.30. The van der Waals surface area contributed by atoms with Crippen LogP contribution in [-0.4, -0.2) is 22.0 Å². The van der Waals surface area contributed by atoms with E-state index in [2.05, 4.69) is 30.7 Å². The average Bonchev–Trinajstić information content (AvgIpc) is 2.65. The number of aromatic amines is 1. The average molecular weight is 246 g/mol. The Kier molecular flexibility index (Phi) is 2.49. The quantitative estimate of drug-likeness (QED) is 0.754. The fourth-order valence-electron chi connectivity index (χ4n) is 2.79. The molecule has 1 aliphatic rings. The zero-order valence-electron chi connectivity index (χ0n) is 11.2. The van der Waals surface area contributed by atoms with Gasteiger partial charge < -0.3 is 4.98 Å². The monoisotopic (exact) mass is 246 g/mol. The Bertz CT molecular complexity index is 592. The summed E-state index contributed by atoms with van der Waals surface area (Å²) in [7, 11) is 0. The topological polar surface area (TPSA) is 19.0 Å². The Hall–Kier alpha value is -1.35. The molecule has 0 amide bonds. The molecule has 0 radical (unpaired) electrons. The van der Waals surface area contributed by atoms with Crippen molar-refractivity contribution in [1.29, 1.82) is 0 Å². The summed E-state index contributed by atoms with van der Waals surface area (Å²) in [6.07, 6.45) is 0.996. The number of hydrogen-bond acceptors (Lipinski definition) is 1. The summed E-state index contributed by atoms with van der Waals surface area (Å²) in [4.78, 5) is 5.90. The second kappa shape index (κ2) is 3.82. The van der Waals surface area contributed by atoms with Crippen LogP contribution in [-0.2, 0) is 13.0 Å². The Morgan fingerprint density at radius 2 is 2.06 bits per heavy atom.